The van der Waals surface area contributed by atoms with Crippen molar-refractivity contribution in [1.82, 2.24) is 5.32 Å². The van der Waals surface area contributed by atoms with Crippen molar-refractivity contribution in [2.45, 2.75) is 33.5 Å². The Hall–Kier alpha value is -2.31. The highest BCUT2D eigenvalue weighted by Crippen LogP contribution is 2.16. The molecule has 0 aliphatic heterocycles. The number of allylic oxidation sites excluding steroid dienone is 1. The number of carbonyl (C=O) groups is 2. The van der Waals surface area contributed by atoms with E-state index in [9.17, 15) is 22.8 Å². The highest BCUT2D eigenvalue weighted by atomic mass is 19.4. The third-order valence-corrected chi connectivity index (χ3v) is 3.17. The summed E-state index contributed by atoms with van der Waals surface area (Å²) in [6, 6.07) is 6.27. The number of hydrogen-bond donors (Lipinski definition) is 2. The summed E-state index contributed by atoms with van der Waals surface area (Å²) >= 11 is 0. The molecule has 7 heteroatoms. The van der Waals surface area contributed by atoms with Crippen molar-refractivity contribution in [3.8, 4) is 0 Å². The zero-order valence-corrected chi connectivity index (χ0v) is 13.1. The van der Waals surface area contributed by atoms with Crippen LogP contribution in [0.1, 0.15) is 26.3 Å². The van der Waals surface area contributed by atoms with Gasteiger partial charge in [-0.15, -0.1) is 0 Å². The normalized spacial score (nSPS) is 12.2. The van der Waals surface area contributed by atoms with Crippen LogP contribution in [0.5, 0.6) is 0 Å². The number of amides is 2. The molecule has 0 spiro atoms. The molecule has 2 amide bonds. The summed E-state index contributed by atoms with van der Waals surface area (Å²) in [5.74, 6) is -2.07. The molecule has 0 aliphatic rings. The minimum Gasteiger partial charge on any atom is -0.344 e. The van der Waals surface area contributed by atoms with Crippen LogP contribution in [-0.2, 0) is 16.1 Å². The summed E-state index contributed by atoms with van der Waals surface area (Å²) in [6.07, 6.45) is -3.44. The first kappa shape index (κ1) is 18.7. The van der Waals surface area contributed by atoms with E-state index in [4.69, 9.17) is 0 Å². The van der Waals surface area contributed by atoms with Crippen LogP contribution in [0.25, 0.3) is 0 Å². The Morgan fingerprint density at radius 3 is 2.48 bits per heavy atom. The fraction of sp³-hybridized carbons (Fsp3) is 0.375. The zero-order valence-electron chi connectivity index (χ0n) is 13.1. The SMILES string of the molecule is C/C(=C\C(=O)Nc1cccc(CNC(=O)C(F)(F)F)c1)C(C)C. The lowest BCUT2D eigenvalue weighted by Crippen LogP contribution is -2.36. The minimum atomic E-state index is -4.91. The van der Waals surface area contributed by atoms with E-state index in [0.717, 1.165) is 5.57 Å². The lowest BCUT2D eigenvalue weighted by Gasteiger charge is -2.10. The van der Waals surface area contributed by atoms with E-state index in [2.05, 4.69) is 5.32 Å². The zero-order chi connectivity index (χ0) is 17.6. The van der Waals surface area contributed by atoms with E-state index < -0.39 is 12.1 Å². The number of alkyl halides is 3. The van der Waals surface area contributed by atoms with Crippen LogP contribution in [0, 0.1) is 5.92 Å². The number of benzene rings is 1. The average Bonchev–Trinajstić information content (AvgIpc) is 2.43. The van der Waals surface area contributed by atoms with E-state index in [1.54, 1.807) is 23.5 Å². The van der Waals surface area contributed by atoms with Crippen LogP contribution >= 0.6 is 0 Å². The first-order valence-electron chi connectivity index (χ1n) is 7.02. The van der Waals surface area contributed by atoms with Gasteiger partial charge in [-0.2, -0.15) is 13.2 Å². The molecule has 0 aromatic heterocycles. The Bertz CT molecular complexity index is 608. The lowest BCUT2D eigenvalue weighted by molar-refractivity contribution is -0.173. The van der Waals surface area contributed by atoms with E-state index in [-0.39, 0.29) is 18.4 Å². The van der Waals surface area contributed by atoms with Gasteiger partial charge >= 0.3 is 12.1 Å². The van der Waals surface area contributed by atoms with Crippen LogP contribution in [0.3, 0.4) is 0 Å². The van der Waals surface area contributed by atoms with Crippen LogP contribution < -0.4 is 10.6 Å². The molecule has 0 atom stereocenters. The number of anilines is 1. The number of hydrogen-bond acceptors (Lipinski definition) is 2. The predicted octanol–water partition coefficient (Wildman–Crippen LogP) is 3.41. The third kappa shape index (κ3) is 6.54. The van der Waals surface area contributed by atoms with Crippen molar-refractivity contribution in [2.75, 3.05) is 5.32 Å². The van der Waals surface area contributed by atoms with Crippen molar-refractivity contribution in [3.05, 3.63) is 41.5 Å². The van der Waals surface area contributed by atoms with Crippen molar-refractivity contribution in [3.63, 3.8) is 0 Å². The predicted molar refractivity (Wildman–Crippen MR) is 81.6 cm³/mol. The second kappa shape index (κ2) is 7.80. The monoisotopic (exact) mass is 328 g/mol. The number of rotatable bonds is 5. The van der Waals surface area contributed by atoms with Gasteiger partial charge in [-0.25, -0.2) is 0 Å². The second-order valence-corrected chi connectivity index (χ2v) is 5.41. The number of carbonyl (C=O) groups excluding carboxylic acids is 2. The van der Waals surface area contributed by atoms with Crippen LogP contribution in [0.4, 0.5) is 18.9 Å². The highest BCUT2D eigenvalue weighted by Gasteiger charge is 2.38. The van der Waals surface area contributed by atoms with Gasteiger partial charge in [0.15, 0.2) is 0 Å². The molecule has 0 radical (unpaired) electrons. The summed E-state index contributed by atoms with van der Waals surface area (Å²) in [4.78, 5) is 22.6. The van der Waals surface area contributed by atoms with Gasteiger partial charge in [0.2, 0.25) is 5.91 Å². The number of nitrogens with one attached hydrogen (secondary N) is 2. The molecule has 0 heterocycles. The number of halogens is 3. The third-order valence-electron chi connectivity index (χ3n) is 3.17. The van der Waals surface area contributed by atoms with Gasteiger partial charge in [0.25, 0.3) is 0 Å². The van der Waals surface area contributed by atoms with Crippen molar-refractivity contribution in [1.29, 1.82) is 0 Å². The Morgan fingerprint density at radius 1 is 1.26 bits per heavy atom. The van der Waals surface area contributed by atoms with Crippen molar-refractivity contribution >= 4 is 17.5 Å². The standard InChI is InChI=1S/C16H19F3N2O2/c1-10(2)11(3)7-14(22)21-13-6-4-5-12(8-13)9-20-15(23)16(17,18)19/h4-8,10H,9H2,1-3H3,(H,20,23)(H,21,22)/b11-7+. The molecular formula is C16H19F3N2O2. The Morgan fingerprint density at radius 2 is 1.91 bits per heavy atom. The Balaban J connectivity index is 2.69. The van der Waals surface area contributed by atoms with E-state index in [1.165, 1.54) is 12.1 Å². The molecule has 126 valence electrons. The molecular weight excluding hydrogens is 309 g/mol. The molecule has 0 saturated carbocycles. The second-order valence-electron chi connectivity index (χ2n) is 5.41. The maximum absolute atomic E-state index is 12.1. The highest BCUT2D eigenvalue weighted by molar-refractivity contribution is 5.99. The summed E-state index contributed by atoms with van der Waals surface area (Å²) in [5, 5.41) is 4.41. The quantitative estimate of drug-likeness (QED) is 0.814. The molecule has 4 nitrogen and oxygen atoms in total. The summed E-state index contributed by atoms with van der Waals surface area (Å²) in [6.45, 7) is 5.49. The van der Waals surface area contributed by atoms with Gasteiger partial charge in [0, 0.05) is 18.3 Å². The van der Waals surface area contributed by atoms with Crippen LogP contribution in [-0.4, -0.2) is 18.0 Å². The molecule has 0 unspecified atom stereocenters. The molecule has 1 rings (SSSR count). The van der Waals surface area contributed by atoms with E-state index in [1.807, 2.05) is 20.8 Å². The van der Waals surface area contributed by atoms with Crippen molar-refractivity contribution in [2.24, 2.45) is 5.92 Å². The summed E-state index contributed by atoms with van der Waals surface area (Å²) in [5.41, 5.74) is 1.81. The maximum atomic E-state index is 12.1. The van der Waals surface area contributed by atoms with E-state index >= 15 is 0 Å². The minimum absolute atomic E-state index is 0.240. The van der Waals surface area contributed by atoms with Gasteiger partial charge in [0.1, 0.15) is 0 Å². The summed E-state index contributed by atoms with van der Waals surface area (Å²) < 4.78 is 36.3. The smallest absolute Gasteiger partial charge is 0.344 e. The molecule has 23 heavy (non-hydrogen) atoms. The summed E-state index contributed by atoms with van der Waals surface area (Å²) in [7, 11) is 0. The van der Waals surface area contributed by atoms with Gasteiger partial charge < -0.3 is 10.6 Å². The van der Waals surface area contributed by atoms with Crippen LogP contribution in [0.15, 0.2) is 35.9 Å². The van der Waals surface area contributed by atoms with Gasteiger partial charge in [0.05, 0.1) is 0 Å². The molecule has 1 aromatic rings. The molecule has 0 aliphatic carbocycles. The maximum Gasteiger partial charge on any atom is 0.471 e. The first-order valence-corrected chi connectivity index (χ1v) is 7.02. The molecule has 2 N–H and O–H groups in total. The fourth-order valence-electron chi connectivity index (χ4n) is 1.59. The average molecular weight is 328 g/mol. The molecule has 1 aromatic carbocycles. The van der Waals surface area contributed by atoms with Gasteiger partial charge in [-0.1, -0.05) is 31.6 Å². The van der Waals surface area contributed by atoms with Gasteiger partial charge in [-0.05, 0) is 30.5 Å². The van der Waals surface area contributed by atoms with E-state index in [0.29, 0.717) is 11.3 Å². The largest absolute Gasteiger partial charge is 0.471 e. The van der Waals surface area contributed by atoms with Crippen LogP contribution in [0.2, 0.25) is 0 Å². The Labute approximate surface area is 132 Å². The van der Waals surface area contributed by atoms with Gasteiger partial charge in [-0.3, -0.25) is 9.59 Å². The first-order chi connectivity index (χ1) is 10.6. The topological polar surface area (TPSA) is 58.2 Å². The van der Waals surface area contributed by atoms with Crippen molar-refractivity contribution < 1.29 is 22.8 Å². The Kier molecular flexibility index (Phi) is 6.36. The molecule has 0 fully saturated rings. The molecule has 0 bridgehead atoms. The fourth-order valence-corrected chi connectivity index (χ4v) is 1.59. The molecule has 0 saturated heterocycles. The lowest BCUT2D eigenvalue weighted by atomic mass is 10.1.